The Morgan fingerprint density at radius 2 is 1.73 bits per heavy atom. The second kappa shape index (κ2) is 11.8. The number of carbonyl (C=O) groups is 2. The first kappa shape index (κ1) is 27.2. The predicted molar refractivity (Wildman–Crippen MR) is 154 cm³/mol. The van der Waals surface area contributed by atoms with Crippen LogP contribution >= 0.6 is 0 Å². The van der Waals surface area contributed by atoms with E-state index in [1.54, 1.807) is 42.0 Å². The summed E-state index contributed by atoms with van der Waals surface area (Å²) < 4.78 is 12.8. The second-order valence-electron chi connectivity index (χ2n) is 10.2. The summed E-state index contributed by atoms with van der Waals surface area (Å²) >= 11 is 0. The highest BCUT2D eigenvalue weighted by atomic mass is 16.5. The number of benzene rings is 3. The lowest BCUT2D eigenvalue weighted by molar-refractivity contribution is -0.127. The van der Waals surface area contributed by atoms with Gasteiger partial charge in [-0.3, -0.25) is 14.5 Å². The van der Waals surface area contributed by atoms with E-state index in [1.807, 2.05) is 56.3 Å². The highest BCUT2D eigenvalue weighted by Gasteiger charge is 2.38. The van der Waals surface area contributed by atoms with Crippen molar-refractivity contribution >= 4 is 28.5 Å². The number of nitrogens with one attached hydrogen (secondary N) is 1. The van der Waals surface area contributed by atoms with Gasteiger partial charge in [0.05, 0.1) is 25.4 Å². The Morgan fingerprint density at radius 3 is 2.42 bits per heavy atom. The summed E-state index contributed by atoms with van der Waals surface area (Å²) in [5, 5.41) is 11.7. The summed E-state index contributed by atoms with van der Waals surface area (Å²) in [5.74, 6) is 0.482. The van der Waals surface area contributed by atoms with Crippen LogP contribution in [0, 0.1) is 13.8 Å². The van der Waals surface area contributed by atoms with Gasteiger partial charge in [0.25, 0.3) is 0 Å². The third-order valence-electron chi connectivity index (χ3n) is 7.59. The lowest BCUT2D eigenvalue weighted by Crippen LogP contribution is -2.48. The fourth-order valence-electron chi connectivity index (χ4n) is 5.62. The number of aromatic nitrogens is 3. The number of carbonyl (C=O) groups excluding carboxylic acids is 2. The average molecular weight is 542 g/mol. The molecule has 1 aliphatic rings. The molecule has 9 nitrogen and oxygen atoms in total. The summed E-state index contributed by atoms with van der Waals surface area (Å²) in [7, 11) is 3.13. The molecule has 1 saturated carbocycles. The largest absolute Gasteiger partial charge is 0.497 e. The Kier molecular flexibility index (Phi) is 8.00. The van der Waals surface area contributed by atoms with Crippen LogP contribution in [0.25, 0.3) is 11.0 Å². The summed E-state index contributed by atoms with van der Waals surface area (Å²) in [4.78, 5) is 30.3. The van der Waals surface area contributed by atoms with Crippen molar-refractivity contribution in [2.75, 3.05) is 19.1 Å². The number of para-hydroxylation sites is 2. The van der Waals surface area contributed by atoms with Gasteiger partial charge in [-0.15, -0.1) is 5.10 Å². The molecule has 0 spiro atoms. The number of nitrogens with zero attached hydrogens (tertiary/aromatic N) is 4. The first-order chi connectivity index (χ1) is 19.4. The van der Waals surface area contributed by atoms with Gasteiger partial charge in [-0.2, -0.15) is 0 Å². The SMILES string of the molecule is COc1ccc(OC)c([C@@H](C(=O)NC2CCCC2)N(C(=O)Cn2nnc3ccccc32)c2c(C)cccc2C)c1. The molecule has 4 aromatic rings. The molecule has 0 radical (unpaired) electrons. The van der Waals surface area contributed by atoms with Crippen molar-refractivity contribution in [3.05, 3.63) is 77.4 Å². The molecular weight excluding hydrogens is 506 g/mol. The molecule has 1 atom stereocenters. The molecule has 1 heterocycles. The van der Waals surface area contributed by atoms with Gasteiger partial charge >= 0.3 is 0 Å². The number of aryl methyl sites for hydroxylation is 2. The zero-order valence-electron chi connectivity index (χ0n) is 23.4. The van der Waals surface area contributed by atoms with E-state index in [9.17, 15) is 9.59 Å². The Hall–Kier alpha value is -4.40. The van der Waals surface area contributed by atoms with Crippen LogP contribution in [-0.2, 0) is 16.1 Å². The van der Waals surface area contributed by atoms with E-state index < -0.39 is 6.04 Å². The number of amides is 2. The molecule has 0 unspecified atom stereocenters. The quantitative estimate of drug-likeness (QED) is 0.324. The van der Waals surface area contributed by atoms with Crippen molar-refractivity contribution in [3.63, 3.8) is 0 Å². The first-order valence-corrected chi connectivity index (χ1v) is 13.6. The van der Waals surface area contributed by atoms with Crippen LogP contribution in [-0.4, -0.2) is 47.1 Å². The smallest absolute Gasteiger partial charge is 0.249 e. The minimum absolute atomic E-state index is 0.0563. The summed E-state index contributed by atoms with van der Waals surface area (Å²) in [6.07, 6.45) is 3.96. The van der Waals surface area contributed by atoms with E-state index >= 15 is 0 Å². The monoisotopic (exact) mass is 541 g/mol. The zero-order valence-corrected chi connectivity index (χ0v) is 23.4. The minimum Gasteiger partial charge on any atom is -0.497 e. The van der Waals surface area contributed by atoms with E-state index in [-0.39, 0.29) is 24.4 Å². The molecular formula is C31H35N5O4. The number of hydrogen-bond donors (Lipinski definition) is 1. The number of fused-ring (bicyclic) bond motifs is 1. The number of ether oxygens (including phenoxy) is 2. The topological polar surface area (TPSA) is 98.6 Å². The molecule has 0 aliphatic heterocycles. The number of anilines is 1. The van der Waals surface area contributed by atoms with E-state index in [4.69, 9.17) is 9.47 Å². The standard InChI is InChI=1S/C31H35N5O4/c1-20-10-9-11-21(2)29(20)36(28(37)19-35-26-15-8-7-14-25(26)33-34-35)30(31(38)32-22-12-5-6-13-22)24-18-23(39-3)16-17-27(24)40-4/h7-11,14-18,22,30H,5-6,12-13,19H2,1-4H3,(H,32,38)/t30-/m0/s1. The van der Waals surface area contributed by atoms with E-state index in [2.05, 4.69) is 15.6 Å². The maximum absolute atomic E-state index is 14.5. The van der Waals surface area contributed by atoms with Gasteiger partial charge in [0.15, 0.2) is 0 Å². The Bertz CT molecular complexity index is 1510. The minimum atomic E-state index is -1.02. The van der Waals surface area contributed by atoms with Crippen LogP contribution in [0.15, 0.2) is 60.7 Å². The van der Waals surface area contributed by atoms with E-state index in [0.29, 0.717) is 28.3 Å². The summed E-state index contributed by atoms with van der Waals surface area (Å²) in [5.41, 5.74) is 4.39. The molecule has 0 saturated heterocycles. The van der Waals surface area contributed by atoms with Crippen LogP contribution in [0.1, 0.15) is 48.4 Å². The molecule has 2 amide bonds. The maximum atomic E-state index is 14.5. The molecule has 3 aromatic carbocycles. The van der Waals surface area contributed by atoms with Crippen molar-refractivity contribution < 1.29 is 19.1 Å². The highest BCUT2D eigenvalue weighted by Crippen LogP contribution is 2.39. The third-order valence-corrected chi connectivity index (χ3v) is 7.59. The lowest BCUT2D eigenvalue weighted by atomic mass is 9.98. The molecule has 40 heavy (non-hydrogen) atoms. The Morgan fingerprint density at radius 1 is 1.00 bits per heavy atom. The summed E-state index contributed by atoms with van der Waals surface area (Å²) in [6.45, 7) is 3.79. The Labute approximate surface area is 234 Å². The molecule has 1 aliphatic carbocycles. The molecule has 5 rings (SSSR count). The first-order valence-electron chi connectivity index (χ1n) is 13.6. The molecule has 1 N–H and O–H groups in total. The van der Waals surface area contributed by atoms with Crippen molar-refractivity contribution in [1.82, 2.24) is 20.3 Å². The second-order valence-corrected chi connectivity index (χ2v) is 10.2. The normalized spacial score (nSPS) is 14.2. The average Bonchev–Trinajstić information content (AvgIpc) is 3.62. The van der Waals surface area contributed by atoms with Crippen molar-refractivity contribution in [2.45, 2.75) is 58.2 Å². The highest BCUT2D eigenvalue weighted by molar-refractivity contribution is 6.03. The van der Waals surface area contributed by atoms with Crippen molar-refractivity contribution in [3.8, 4) is 11.5 Å². The van der Waals surface area contributed by atoms with Gasteiger partial charge in [0.2, 0.25) is 11.8 Å². The van der Waals surface area contributed by atoms with Crippen molar-refractivity contribution in [1.29, 1.82) is 0 Å². The molecule has 1 fully saturated rings. The van der Waals surface area contributed by atoms with E-state index in [0.717, 1.165) is 42.3 Å². The lowest BCUT2D eigenvalue weighted by Gasteiger charge is -2.35. The van der Waals surface area contributed by atoms with Crippen LogP contribution in [0.4, 0.5) is 5.69 Å². The fourth-order valence-corrected chi connectivity index (χ4v) is 5.62. The predicted octanol–water partition coefficient (Wildman–Crippen LogP) is 4.90. The van der Waals surface area contributed by atoms with Gasteiger partial charge in [-0.05, 0) is 68.1 Å². The van der Waals surface area contributed by atoms with Crippen LogP contribution in [0.3, 0.4) is 0 Å². The van der Waals surface area contributed by atoms with Gasteiger partial charge in [-0.1, -0.05) is 48.4 Å². The molecule has 0 bridgehead atoms. The molecule has 1 aromatic heterocycles. The van der Waals surface area contributed by atoms with Crippen LogP contribution in [0.2, 0.25) is 0 Å². The van der Waals surface area contributed by atoms with Gasteiger partial charge in [0.1, 0.15) is 29.6 Å². The summed E-state index contributed by atoms with van der Waals surface area (Å²) in [6, 6.07) is 17.7. The Balaban J connectivity index is 1.68. The fraction of sp³-hybridized carbons (Fsp3) is 0.355. The molecule has 208 valence electrons. The number of hydrogen-bond acceptors (Lipinski definition) is 6. The molecule has 9 heteroatoms. The van der Waals surface area contributed by atoms with Crippen LogP contribution < -0.4 is 19.7 Å². The van der Waals surface area contributed by atoms with Gasteiger partial charge in [-0.25, -0.2) is 4.68 Å². The maximum Gasteiger partial charge on any atom is 0.249 e. The van der Waals surface area contributed by atoms with Crippen LogP contribution in [0.5, 0.6) is 11.5 Å². The van der Waals surface area contributed by atoms with E-state index in [1.165, 1.54) is 0 Å². The van der Waals surface area contributed by atoms with Crippen molar-refractivity contribution in [2.24, 2.45) is 0 Å². The number of methoxy groups -OCH3 is 2. The zero-order chi connectivity index (χ0) is 28.2. The van der Waals surface area contributed by atoms with Gasteiger partial charge < -0.3 is 14.8 Å². The number of rotatable bonds is 9. The third kappa shape index (κ3) is 5.36. The van der Waals surface area contributed by atoms with Gasteiger partial charge in [0, 0.05) is 11.6 Å².